The van der Waals surface area contributed by atoms with Crippen LogP contribution in [0.15, 0.2) is 34.7 Å². The molecule has 0 spiro atoms. The van der Waals surface area contributed by atoms with Gasteiger partial charge in [0.15, 0.2) is 0 Å². The fourth-order valence-corrected chi connectivity index (χ4v) is 3.64. The van der Waals surface area contributed by atoms with Crippen molar-refractivity contribution in [3.05, 3.63) is 40.4 Å². The van der Waals surface area contributed by atoms with Crippen molar-refractivity contribution in [2.45, 2.75) is 11.3 Å². The number of hydrogen-bond acceptors (Lipinski definition) is 5. The number of hydrogen-bond donors (Lipinski definition) is 2. The molecule has 2 rings (SSSR count). The van der Waals surface area contributed by atoms with E-state index in [0.717, 1.165) is 25.1 Å². The highest BCUT2D eigenvalue weighted by Crippen LogP contribution is 2.23. The van der Waals surface area contributed by atoms with Crippen LogP contribution in [0.5, 0.6) is 0 Å². The third-order valence-electron chi connectivity index (χ3n) is 3.29. The van der Waals surface area contributed by atoms with E-state index in [-0.39, 0.29) is 34.4 Å². The summed E-state index contributed by atoms with van der Waals surface area (Å²) in [6.07, 6.45) is 2.77. The molecule has 0 saturated heterocycles. The van der Waals surface area contributed by atoms with Crippen molar-refractivity contribution in [2.75, 3.05) is 26.7 Å². The normalized spacial score (nSPS) is 14.6. The van der Waals surface area contributed by atoms with Crippen molar-refractivity contribution in [1.82, 2.24) is 10.0 Å². The van der Waals surface area contributed by atoms with E-state index >= 15 is 0 Å². The minimum absolute atomic E-state index is 0. The van der Waals surface area contributed by atoms with Gasteiger partial charge in [-0.05, 0) is 31.2 Å². The van der Waals surface area contributed by atoms with Crippen LogP contribution in [0.4, 0.5) is 0 Å². The van der Waals surface area contributed by atoms with Crippen molar-refractivity contribution >= 4 is 40.0 Å². The molecule has 6 nitrogen and oxygen atoms in total. The summed E-state index contributed by atoms with van der Waals surface area (Å²) in [4.78, 5) is 11.3. The first kappa shape index (κ1) is 19.9. The molecule has 0 atom stereocenters. The van der Waals surface area contributed by atoms with E-state index in [1.807, 2.05) is 6.08 Å². The molecule has 0 aromatic heterocycles. The van der Waals surface area contributed by atoms with Gasteiger partial charge in [0.2, 0.25) is 10.0 Å². The maximum atomic E-state index is 12.3. The average molecular weight is 381 g/mol. The van der Waals surface area contributed by atoms with Crippen LogP contribution in [0.25, 0.3) is 0 Å². The van der Waals surface area contributed by atoms with E-state index in [1.54, 1.807) is 0 Å². The molecule has 0 unspecified atom stereocenters. The van der Waals surface area contributed by atoms with E-state index < -0.39 is 16.0 Å². The number of esters is 1. The maximum absolute atomic E-state index is 12.3. The van der Waals surface area contributed by atoms with Crippen LogP contribution in [0.1, 0.15) is 16.8 Å². The summed E-state index contributed by atoms with van der Waals surface area (Å²) < 4.78 is 31.7. The Morgan fingerprint density at radius 3 is 2.74 bits per heavy atom. The van der Waals surface area contributed by atoms with E-state index in [1.165, 1.54) is 25.3 Å². The standard InChI is InChI=1S/C14H17ClN2O4S.ClH/c1-21-14(18)11-2-3-13(12(15)8-11)22(19,20)17-9-10-4-6-16-7-5-10;/h2-4,8,16-17H,5-7,9H2,1H3;1H. The summed E-state index contributed by atoms with van der Waals surface area (Å²) in [6.45, 7) is 1.83. The lowest BCUT2D eigenvalue weighted by Gasteiger charge is -2.15. The zero-order chi connectivity index (χ0) is 16.2. The predicted molar refractivity (Wildman–Crippen MR) is 90.8 cm³/mol. The highest BCUT2D eigenvalue weighted by Gasteiger charge is 2.20. The summed E-state index contributed by atoms with van der Waals surface area (Å²) in [5.41, 5.74) is 1.23. The van der Waals surface area contributed by atoms with E-state index in [9.17, 15) is 13.2 Å². The molecule has 0 fully saturated rings. The lowest BCUT2D eigenvalue weighted by atomic mass is 10.1. The van der Waals surface area contributed by atoms with Crippen LogP contribution in [0.3, 0.4) is 0 Å². The predicted octanol–water partition coefficient (Wildman–Crippen LogP) is 1.75. The van der Waals surface area contributed by atoms with Crippen molar-refractivity contribution in [1.29, 1.82) is 0 Å². The molecule has 2 N–H and O–H groups in total. The smallest absolute Gasteiger partial charge is 0.337 e. The van der Waals surface area contributed by atoms with Crippen molar-refractivity contribution < 1.29 is 17.9 Å². The Morgan fingerprint density at radius 2 is 2.17 bits per heavy atom. The quantitative estimate of drug-likeness (QED) is 0.600. The first-order chi connectivity index (χ1) is 10.4. The largest absolute Gasteiger partial charge is 0.465 e. The first-order valence-corrected chi connectivity index (χ1v) is 8.56. The molecule has 0 bridgehead atoms. The van der Waals surface area contributed by atoms with Gasteiger partial charge in [0.25, 0.3) is 0 Å². The number of sulfonamides is 1. The Kier molecular flexibility index (Phi) is 7.50. The number of nitrogens with one attached hydrogen (secondary N) is 2. The first-order valence-electron chi connectivity index (χ1n) is 6.70. The number of carbonyl (C=O) groups is 1. The Morgan fingerprint density at radius 1 is 1.43 bits per heavy atom. The van der Waals surface area contributed by atoms with E-state index in [2.05, 4.69) is 14.8 Å². The van der Waals surface area contributed by atoms with Crippen molar-refractivity contribution in [2.24, 2.45) is 0 Å². The highest BCUT2D eigenvalue weighted by molar-refractivity contribution is 7.89. The number of ether oxygens (including phenoxy) is 1. The molecular weight excluding hydrogens is 363 g/mol. The lowest BCUT2D eigenvalue weighted by molar-refractivity contribution is 0.0600. The number of carbonyl (C=O) groups excluding carboxylic acids is 1. The number of benzene rings is 1. The molecule has 1 aromatic rings. The zero-order valence-corrected chi connectivity index (χ0v) is 14.9. The second-order valence-electron chi connectivity index (χ2n) is 4.78. The summed E-state index contributed by atoms with van der Waals surface area (Å²) >= 11 is 5.98. The van der Waals surface area contributed by atoms with Gasteiger partial charge in [-0.15, -0.1) is 12.4 Å². The van der Waals surface area contributed by atoms with Crippen LogP contribution in [-0.2, 0) is 14.8 Å². The van der Waals surface area contributed by atoms with Gasteiger partial charge in [-0.1, -0.05) is 23.3 Å². The molecule has 0 amide bonds. The number of methoxy groups -OCH3 is 1. The van der Waals surface area contributed by atoms with Crippen LogP contribution >= 0.6 is 24.0 Å². The van der Waals surface area contributed by atoms with Crippen LogP contribution in [0, 0.1) is 0 Å². The molecule has 0 aliphatic carbocycles. The lowest BCUT2D eigenvalue weighted by Crippen LogP contribution is -2.30. The summed E-state index contributed by atoms with van der Waals surface area (Å²) in [5.74, 6) is -0.571. The van der Waals surface area contributed by atoms with Crippen LogP contribution in [0.2, 0.25) is 5.02 Å². The van der Waals surface area contributed by atoms with Crippen LogP contribution < -0.4 is 10.0 Å². The van der Waals surface area contributed by atoms with E-state index in [0.29, 0.717) is 0 Å². The summed E-state index contributed by atoms with van der Waals surface area (Å²) in [7, 11) is -2.49. The molecule has 23 heavy (non-hydrogen) atoms. The molecule has 9 heteroatoms. The molecule has 128 valence electrons. The maximum Gasteiger partial charge on any atom is 0.337 e. The Balaban J connectivity index is 0.00000264. The summed E-state index contributed by atoms with van der Waals surface area (Å²) in [6, 6.07) is 3.95. The molecule has 0 saturated carbocycles. The molecule has 1 heterocycles. The van der Waals surface area contributed by atoms with Crippen molar-refractivity contribution in [3.63, 3.8) is 0 Å². The highest BCUT2D eigenvalue weighted by atomic mass is 35.5. The zero-order valence-electron chi connectivity index (χ0n) is 12.5. The SMILES string of the molecule is COC(=O)c1ccc(S(=O)(=O)NCC2=CCNCC2)c(Cl)c1.Cl. The third kappa shape index (κ3) is 5.19. The fraction of sp³-hybridized carbons (Fsp3) is 0.357. The minimum Gasteiger partial charge on any atom is -0.465 e. The second kappa shape index (κ2) is 8.65. The van der Waals surface area contributed by atoms with Crippen molar-refractivity contribution in [3.8, 4) is 0 Å². The number of rotatable bonds is 5. The van der Waals surface area contributed by atoms with E-state index in [4.69, 9.17) is 11.6 Å². The average Bonchev–Trinajstić information content (AvgIpc) is 2.53. The van der Waals surface area contributed by atoms with Gasteiger partial charge in [0, 0.05) is 13.1 Å². The molecule has 0 radical (unpaired) electrons. The molecular formula is C14H18Cl2N2O4S. The van der Waals surface area contributed by atoms with Gasteiger partial charge in [-0.2, -0.15) is 0 Å². The molecule has 1 aliphatic heterocycles. The van der Waals surface area contributed by atoms with Gasteiger partial charge in [0.05, 0.1) is 17.7 Å². The molecule has 1 aromatic carbocycles. The monoisotopic (exact) mass is 380 g/mol. The Bertz CT molecular complexity index is 705. The topological polar surface area (TPSA) is 84.5 Å². The van der Waals surface area contributed by atoms with Gasteiger partial charge in [-0.25, -0.2) is 17.9 Å². The van der Waals surface area contributed by atoms with Gasteiger partial charge in [0.1, 0.15) is 4.90 Å². The van der Waals surface area contributed by atoms with Gasteiger partial charge >= 0.3 is 5.97 Å². The third-order valence-corrected chi connectivity index (χ3v) is 5.17. The molecule has 1 aliphatic rings. The summed E-state index contributed by atoms with van der Waals surface area (Å²) in [5, 5.41) is 3.14. The Labute approximate surface area is 146 Å². The second-order valence-corrected chi connectivity index (χ2v) is 6.92. The minimum atomic E-state index is -3.73. The van der Waals surface area contributed by atoms with Gasteiger partial charge < -0.3 is 10.1 Å². The van der Waals surface area contributed by atoms with Gasteiger partial charge in [-0.3, -0.25) is 0 Å². The fourth-order valence-electron chi connectivity index (χ4n) is 2.06. The van der Waals surface area contributed by atoms with Crippen LogP contribution in [-0.4, -0.2) is 41.1 Å². The Hall–Kier alpha value is -1.12. The number of halogens is 2.